The van der Waals surface area contributed by atoms with Gasteiger partial charge >= 0.3 is 0 Å². The molecule has 0 bridgehead atoms. The van der Waals surface area contributed by atoms with E-state index in [-0.39, 0.29) is 0 Å². The number of carbonyl (C=O) groups excluding carboxylic acids is 1. The van der Waals surface area contributed by atoms with Crippen LogP contribution in [0.5, 0.6) is 0 Å². The number of H-pyrrole nitrogens is 1. The van der Waals surface area contributed by atoms with E-state index in [1.54, 1.807) is 11.9 Å². The van der Waals surface area contributed by atoms with Crippen LogP contribution in [0.2, 0.25) is 0 Å². The van der Waals surface area contributed by atoms with Crippen molar-refractivity contribution in [2.45, 2.75) is 6.42 Å². The van der Waals surface area contributed by atoms with E-state index in [2.05, 4.69) is 27.9 Å². The molecule has 3 nitrogen and oxygen atoms in total. The molecule has 1 aliphatic heterocycles. The molecule has 0 unspecified atom stereocenters. The zero-order valence-corrected chi connectivity index (χ0v) is 10.3. The van der Waals surface area contributed by atoms with Crippen molar-refractivity contribution in [2.24, 2.45) is 0 Å². The van der Waals surface area contributed by atoms with Gasteiger partial charge in [-0.15, -0.1) is 0 Å². The Bertz CT molecular complexity index is 829. The number of aromatic nitrogens is 1. The van der Waals surface area contributed by atoms with Gasteiger partial charge in [0.1, 0.15) is 0 Å². The Morgan fingerprint density at radius 2 is 2.17 bits per heavy atom. The first-order valence-corrected chi connectivity index (χ1v) is 6.63. The maximum absolute atomic E-state index is 11.0. The van der Waals surface area contributed by atoms with Crippen LogP contribution in [0.25, 0.3) is 21.9 Å². The number of aldehydes is 1. The van der Waals surface area contributed by atoms with Gasteiger partial charge in [0.2, 0.25) is 0 Å². The van der Waals surface area contributed by atoms with Gasteiger partial charge < -0.3 is 9.71 Å². The summed E-state index contributed by atoms with van der Waals surface area (Å²) < 4.78 is 3.10. The third-order valence-corrected chi connectivity index (χ3v) is 4.43. The number of carbonyl (C=O) groups is 1. The lowest BCUT2D eigenvalue weighted by atomic mass is 10.0. The lowest BCUT2D eigenvalue weighted by Gasteiger charge is -2.04. The fraction of sp³-hybridized carbons (Fsp3) is 0.0714. The van der Waals surface area contributed by atoms with Crippen LogP contribution in [0.4, 0.5) is 0 Å². The Balaban J connectivity index is 2.22. The molecule has 4 heteroatoms. The summed E-state index contributed by atoms with van der Waals surface area (Å²) in [6.07, 6.45) is 3.87. The molecule has 0 radical (unpaired) electrons. The average molecular weight is 254 g/mol. The quantitative estimate of drug-likeness (QED) is 0.593. The van der Waals surface area contributed by atoms with Crippen LogP contribution >= 0.6 is 11.9 Å². The Morgan fingerprint density at radius 3 is 3.06 bits per heavy atom. The summed E-state index contributed by atoms with van der Waals surface area (Å²) in [4.78, 5) is 15.6. The monoisotopic (exact) mass is 254 g/mol. The van der Waals surface area contributed by atoms with Crippen molar-refractivity contribution in [1.82, 2.24) is 9.71 Å². The average Bonchev–Trinajstić information content (AvgIpc) is 2.98. The van der Waals surface area contributed by atoms with Gasteiger partial charge in [-0.2, -0.15) is 0 Å². The van der Waals surface area contributed by atoms with Crippen molar-refractivity contribution in [3.8, 4) is 0 Å². The molecule has 0 spiro atoms. The van der Waals surface area contributed by atoms with Gasteiger partial charge in [0.15, 0.2) is 6.29 Å². The van der Waals surface area contributed by atoms with Crippen LogP contribution in [0.1, 0.15) is 6.42 Å². The third-order valence-electron chi connectivity index (χ3n) is 3.45. The summed E-state index contributed by atoms with van der Waals surface area (Å²) in [6.45, 7) is 0. The van der Waals surface area contributed by atoms with Crippen LogP contribution in [0.15, 0.2) is 35.5 Å². The van der Waals surface area contributed by atoms with E-state index in [9.17, 15) is 4.79 Å². The third kappa shape index (κ3) is 1.18. The van der Waals surface area contributed by atoms with E-state index in [1.807, 2.05) is 12.1 Å². The van der Waals surface area contributed by atoms with Crippen molar-refractivity contribution < 1.29 is 4.79 Å². The van der Waals surface area contributed by atoms with Crippen molar-refractivity contribution in [3.63, 3.8) is 0 Å². The maximum Gasteiger partial charge on any atom is 0.167 e. The van der Waals surface area contributed by atoms with Crippen LogP contribution < -0.4 is 15.3 Å². The van der Waals surface area contributed by atoms with E-state index in [0.29, 0.717) is 5.70 Å². The molecule has 2 aromatic rings. The Morgan fingerprint density at radius 1 is 1.28 bits per heavy atom. The fourth-order valence-electron chi connectivity index (χ4n) is 2.62. The molecule has 0 amide bonds. The topological polar surface area (TPSA) is 44.9 Å². The first-order valence-electron chi connectivity index (χ1n) is 5.81. The Hall–Kier alpha value is -1.94. The molecule has 1 aromatic heterocycles. The maximum atomic E-state index is 11.0. The van der Waals surface area contributed by atoms with Gasteiger partial charge in [-0.1, -0.05) is 24.3 Å². The van der Waals surface area contributed by atoms with E-state index >= 15 is 0 Å². The van der Waals surface area contributed by atoms with Gasteiger partial charge in [0, 0.05) is 26.4 Å². The second kappa shape index (κ2) is 3.53. The number of benzene rings is 1. The Kier molecular flexibility index (Phi) is 1.96. The minimum atomic E-state index is 0.710. The highest BCUT2D eigenvalue weighted by Crippen LogP contribution is 2.35. The second-order valence-corrected chi connectivity index (χ2v) is 5.23. The number of para-hydroxylation sites is 1. The fourth-order valence-corrected chi connectivity index (χ4v) is 3.64. The molecule has 2 heterocycles. The zero-order chi connectivity index (χ0) is 12.1. The van der Waals surface area contributed by atoms with E-state index in [4.69, 9.17) is 0 Å². The number of hydrogen-bond donors (Lipinski definition) is 2. The number of hydrogen-bond acceptors (Lipinski definition) is 3. The minimum absolute atomic E-state index is 0.710. The first kappa shape index (κ1) is 10.0. The number of rotatable bonds is 1. The van der Waals surface area contributed by atoms with Gasteiger partial charge in [-0.25, -0.2) is 0 Å². The largest absolute Gasteiger partial charge is 0.355 e. The molecule has 0 atom stereocenters. The molecule has 18 heavy (non-hydrogen) atoms. The molecular weight excluding hydrogens is 244 g/mol. The van der Waals surface area contributed by atoms with Crippen molar-refractivity contribution in [1.29, 1.82) is 0 Å². The molecule has 2 N–H and O–H groups in total. The predicted octanol–water partition coefficient (Wildman–Crippen LogP) is 1.16. The van der Waals surface area contributed by atoms with Crippen molar-refractivity contribution >= 4 is 40.1 Å². The highest BCUT2D eigenvalue weighted by molar-refractivity contribution is 8.07. The van der Waals surface area contributed by atoms with Gasteiger partial charge in [0.05, 0.1) is 5.70 Å². The predicted molar refractivity (Wildman–Crippen MR) is 73.9 cm³/mol. The summed E-state index contributed by atoms with van der Waals surface area (Å²) in [6, 6.07) is 8.28. The molecule has 0 saturated heterocycles. The van der Waals surface area contributed by atoms with Crippen LogP contribution in [-0.2, 0) is 4.79 Å². The lowest BCUT2D eigenvalue weighted by molar-refractivity contribution is -0.105. The van der Waals surface area contributed by atoms with Crippen molar-refractivity contribution in [2.75, 3.05) is 0 Å². The SMILES string of the molecule is O=CC1=C2CC=c3[nH]c4ccccc4c3=C2SN1. The van der Waals surface area contributed by atoms with E-state index in [0.717, 1.165) is 29.1 Å². The molecule has 0 saturated carbocycles. The van der Waals surface area contributed by atoms with Crippen molar-refractivity contribution in [3.05, 3.63) is 46.1 Å². The summed E-state index contributed by atoms with van der Waals surface area (Å²) in [5.74, 6) is 0. The second-order valence-electron chi connectivity index (χ2n) is 4.41. The van der Waals surface area contributed by atoms with Crippen LogP contribution in [-0.4, -0.2) is 11.3 Å². The van der Waals surface area contributed by atoms with Crippen LogP contribution in [0.3, 0.4) is 0 Å². The van der Waals surface area contributed by atoms with Gasteiger partial charge in [0.25, 0.3) is 0 Å². The first-order chi connectivity index (χ1) is 8.88. The number of nitrogens with one attached hydrogen (secondary N) is 2. The smallest absolute Gasteiger partial charge is 0.167 e. The van der Waals surface area contributed by atoms with Gasteiger partial charge in [-0.3, -0.25) is 4.79 Å². The molecule has 4 rings (SSSR count). The number of allylic oxidation sites excluding steroid dienone is 1. The minimum Gasteiger partial charge on any atom is -0.355 e. The summed E-state index contributed by atoms with van der Waals surface area (Å²) >= 11 is 1.54. The highest BCUT2D eigenvalue weighted by atomic mass is 32.2. The zero-order valence-electron chi connectivity index (χ0n) is 9.49. The summed E-state index contributed by atoms with van der Waals surface area (Å²) in [5, 5.41) is 3.61. The van der Waals surface area contributed by atoms with Crippen LogP contribution in [0, 0.1) is 0 Å². The summed E-state index contributed by atoms with van der Waals surface area (Å²) in [5.41, 5.74) is 2.97. The molecular formula is C14H10N2OS. The van der Waals surface area contributed by atoms with Gasteiger partial charge in [-0.05, 0) is 30.0 Å². The molecule has 1 aliphatic carbocycles. The number of aromatic amines is 1. The van der Waals surface area contributed by atoms with E-state index < -0.39 is 0 Å². The summed E-state index contributed by atoms with van der Waals surface area (Å²) in [7, 11) is 0. The van der Waals surface area contributed by atoms with E-state index in [1.165, 1.54) is 15.5 Å². The number of fused-ring (bicyclic) bond motifs is 4. The molecule has 0 fully saturated rings. The normalized spacial score (nSPS) is 17.2. The molecule has 2 aliphatic rings. The molecule has 1 aromatic carbocycles. The lowest BCUT2D eigenvalue weighted by Crippen LogP contribution is -2.27. The molecule has 88 valence electrons. The highest BCUT2D eigenvalue weighted by Gasteiger charge is 2.23. The standard InChI is InChI=1S/C14H10N2OS/c17-7-12-9-5-6-11-13(14(9)18-16-12)8-3-1-2-4-10(8)15-11/h1-4,6-7,15-16H,5H2. The Labute approximate surface area is 107 Å².